The Morgan fingerprint density at radius 3 is 1.82 bits per heavy atom. The summed E-state index contributed by atoms with van der Waals surface area (Å²) in [7, 11) is 0. The van der Waals surface area contributed by atoms with Crippen molar-refractivity contribution in [1.29, 1.82) is 0 Å². The molecular formula is C43H44Cl4F4N10O5S2. The molecule has 2 aliphatic heterocycles. The van der Waals surface area contributed by atoms with E-state index in [0.29, 0.717) is 65.8 Å². The second-order valence-electron chi connectivity index (χ2n) is 16.2. The number of benzene rings is 2. The van der Waals surface area contributed by atoms with Crippen molar-refractivity contribution in [2.45, 2.75) is 89.8 Å². The number of carbonyl (C=O) groups is 3. The Bertz CT molecular complexity index is 2680. The number of likely N-dealkylation sites (tertiary alicyclic amines) is 1. The molecule has 364 valence electrons. The van der Waals surface area contributed by atoms with Gasteiger partial charge in [-0.2, -0.15) is 10.2 Å². The Morgan fingerprint density at radius 1 is 0.838 bits per heavy atom. The van der Waals surface area contributed by atoms with E-state index >= 15 is 0 Å². The number of carboxylic acid groups (broad SMARTS) is 1. The number of thiazole rings is 2. The van der Waals surface area contributed by atoms with Crippen LogP contribution in [0.15, 0.2) is 60.9 Å². The molecule has 2 aromatic carbocycles. The van der Waals surface area contributed by atoms with Crippen LogP contribution in [0.3, 0.4) is 0 Å². The van der Waals surface area contributed by atoms with Crippen molar-refractivity contribution in [2.24, 2.45) is 0 Å². The third kappa shape index (κ3) is 13.6. The molecule has 0 radical (unpaired) electrons. The minimum atomic E-state index is -2.77. The molecule has 1 unspecified atom stereocenters. The quantitative estimate of drug-likeness (QED) is 0.0902. The van der Waals surface area contributed by atoms with Crippen LogP contribution < -0.4 is 16.4 Å². The molecule has 0 aliphatic carbocycles. The minimum Gasteiger partial charge on any atom is -0.481 e. The van der Waals surface area contributed by atoms with Crippen LogP contribution in [0.2, 0.25) is 20.1 Å². The third-order valence-corrected chi connectivity index (χ3v) is 13.0. The highest BCUT2D eigenvalue weighted by atomic mass is 35.5. The number of hydrogen-bond donors (Lipinski definition) is 4. The highest BCUT2D eigenvalue weighted by molar-refractivity contribution is 7.19. The number of rotatable bonds is 11. The summed E-state index contributed by atoms with van der Waals surface area (Å²) in [6.07, 6.45) is 1.07. The fourth-order valence-electron chi connectivity index (χ4n) is 7.08. The maximum Gasteiger partial charge on any atom is 0.410 e. The number of alkyl halides is 4. The van der Waals surface area contributed by atoms with Crippen LogP contribution in [0, 0.1) is 0 Å². The average Bonchev–Trinajstić information content (AvgIpc) is 4.11. The van der Waals surface area contributed by atoms with Gasteiger partial charge in [-0.25, -0.2) is 41.7 Å². The standard InChI is InChI=1S/C19H17Cl2F2N5OS.C13H8Cl2F2N4S.C11H19NO4/c20-11-4-1-5-12(21)17(11)28-14(8-13(27-28)18(22)23)15-9-25-19(30-15)26-16(29)7-10-3-2-6-24-10;14-6-2-1-3-7(15)11(6)21-9(4-8(20-21)12(16)17)10-5-19-13(18)22-10;1-11(2,3)16-10(15)12-6-4-5-8(12)7-9(13)14/h1,4-5,8-10,18,24H,2-3,6-7H2,(H,25,26,29);1-5,12H,(H2,18,19);8H,4-7H2,1-3H3,(H,13,14)/t;;8-/m..0/s1. The van der Waals surface area contributed by atoms with E-state index in [1.807, 2.05) is 0 Å². The van der Waals surface area contributed by atoms with Crippen molar-refractivity contribution in [3.05, 3.63) is 92.4 Å². The van der Waals surface area contributed by atoms with E-state index in [1.54, 1.807) is 57.2 Å². The van der Waals surface area contributed by atoms with Gasteiger partial charge in [0.05, 0.1) is 47.7 Å². The van der Waals surface area contributed by atoms with Gasteiger partial charge in [0.15, 0.2) is 10.3 Å². The highest BCUT2D eigenvalue weighted by Gasteiger charge is 2.33. The first-order valence-electron chi connectivity index (χ1n) is 20.8. The molecule has 0 saturated carbocycles. The summed E-state index contributed by atoms with van der Waals surface area (Å²) in [5.41, 5.74) is 5.68. The molecule has 6 aromatic rings. The summed E-state index contributed by atoms with van der Waals surface area (Å²) in [6, 6.07) is 12.2. The van der Waals surface area contributed by atoms with Gasteiger partial charge in [-0.15, -0.1) is 0 Å². The molecule has 6 heterocycles. The summed E-state index contributed by atoms with van der Waals surface area (Å²) in [5, 5.41) is 24.5. The van der Waals surface area contributed by atoms with Gasteiger partial charge >= 0.3 is 12.1 Å². The number of carboxylic acids is 1. The second-order valence-corrected chi connectivity index (χ2v) is 19.9. The smallest absolute Gasteiger partial charge is 0.410 e. The van der Waals surface area contributed by atoms with E-state index in [0.717, 1.165) is 54.9 Å². The first kappa shape index (κ1) is 52.3. The predicted molar refractivity (Wildman–Crippen MR) is 256 cm³/mol. The lowest BCUT2D eigenvalue weighted by Gasteiger charge is -2.27. The molecule has 5 N–H and O–H groups in total. The van der Waals surface area contributed by atoms with Crippen LogP contribution >= 0.6 is 69.1 Å². The van der Waals surface area contributed by atoms with Crippen molar-refractivity contribution >= 4 is 97.3 Å². The van der Waals surface area contributed by atoms with Crippen LogP contribution in [0.25, 0.3) is 32.5 Å². The van der Waals surface area contributed by atoms with Crippen molar-refractivity contribution in [3.63, 3.8) is 0 Å². The maximum absolute atomic E-state index is 13.3. The zero-order chi connectivity index (χ0) is 49.4. The zero-order valence-electron chi connectivity index (χ0n) is 36.4. The van der Waals surface area contributed by atoms with Crippen LogP contribution in [-0.2, 0) is 14.3 Å². The number of nitrogens with one attached hydrogen (secondary N) is 2. The normalized spacial score (nSPS) is 15.8. The van der Waals surface area contributed by atoms with Crippen molar-refractivity contribution in [2.75, 3.05) is 24.1 Å². The molecular weight excluding hydrogens is 1020 g/mol. The lowest BCUT2D eigenvalue weighted by molar-refractivity contribution is -0.138. The summed E-state index contributed by atoms with van der Waals surface area (Å²) in [6.45, 7) is 6.90. The van der Waals surface area contributed by atoms with Gasteiger partial charge in [-0.1, -0.05) is 81.2 Å². The molecule has 2 saturated heterocycles. The molecule has 0 bridgehead atoms. The number of amides is 2. The Balaban J connectivity index is 0.000000177. The molecule has 0 spiro atoms. The summed E-state index contributed by atoms with van der Waals surface area (Å²) in [4.78, 5) is 45.4. The zero-order valence-corrected chi connectivity index (χ0v) is 41.0. The fourth-order valence-corrected chi connectivity index (χ4v) is 9.71. The monoisotopic (exact) mass is 1060 g/mol. The average molecular weight is 1060 g/mol. The molecule has 2 atom stereocenters. The first-order valence-corrected chi connectivity index (χ1v) is 23.9. The number of anilines is 2. The van der Waals surface area contributed by atoms with Crippen LogP contribution in [0.4, 0.5) is 32.6 Å². The molecule has 8 rings (SSSR count). The molecule has 68 heavy (non-hydrogen) atoms. The van der Waals surface area contributed by atoms with E-state index in [2.05, 4.69) is 30.8 Å². The largest absolute Gasteiger partial charge is 0.481 e. The first-order chi connectivity index (χ1) is 32.2. The SMILES string of the molecule is CC(C)(C)OC(=O)N1CCC[C@H]1CC(=O)O.Nc1ncc(-c2cc(C(F)F)nn2-c2c(Cl)cccc2Cl)s1.O=C(CC1CCCN1)Nc1ncc(-c2cc(C(F)F)nn2-c2c(Cl)cccc2Cl)s1. The molecule has 25 heteroatoms. The summed E-state index contributed by atoms with van der Waals surface area (Å²) in [5.74, 6) is -1.02. The third-order valence-electron chi connectivity index (χ3n) is 9.99. The molecule has 2 amide bonds. The topological polar surface area (TPSA) is 195 Å². The number of halogens is 8. The Kier molecular flexibility index (Phi) is 17.7. The van der Waals surface area contributed by atoms with Gasteiger partial charge in [0.25, 0.3) is 12.9 Å². The number of aliphatic carboxylic acids is 1. The minimum absolute atomic E-state index is 0.000751. The van der Waals surface area contributed by atoms with Gasteiger partial charge in [0.1, 0.15) is 28.4 Å². The fraction of sp³-hybridized carbons (Fsp3) is 0.372. The van der Waals surface area contributed by atoms with E-state index < -0.39 is 36.2 Å². The molecule has 2 aliphatic rings. The van der Waals surface area contributed by atoms with Gasteiger partial charge in [0.2, 0.25) is 5.91 Å². The number of carbonyl (C=O) groups excluding carboxylic acids is 2. The van der Waals surface area contributed by atoms with E-state index in [9.17, 15) is 31.9 Å². The molecule has 15 nitrogen and oxygen atoms in total. The number of hydrogen-bond acceptors (Lipinski definition) is 12. The van der Waals surface area contributed by atoms with Crippen molar-refractivity contribution in [1.82, 2.24) is 39.7 Å². The lowest BCUT2D eigenvalue weighted by atomic mass is 10.1. The number of ether oxygens (including phenoxy) is 1. The maximum atomic E-state index is 13.3. The second kappa shape index (κ2) is 23.1. The van der Waals surface area contributed by atoms with Crippen molar-refractivity contribution < 1.29 is 41.8 Å². The molecule has 2 fully saturated rings. The van der Waals surface area contributed by atoms with E-state index in [4.69, 9.17) is 62.0 Å². The number of para-hydroxylation sites is 2. The summed E-state index contributed by atoms with van der Waals surface area (Å²) >= 11 is 27.1. The van der Waals surface area contributed by atoms with Crippen LogP contribution in [0.1, 0.15) is 83.5 Å². The van der Waals surface area contributed by atoms with Gasteiger partial charge in [-0.3, -0.25) is 9.59 Å². The van der Waals surface area contributed by atoms with Crippen LogP contribution in [-0.4, -0.2) is 88.3 Å². The highest BCUT2D eigenvalue weighted by Crippen LogP contribution is 2.39. The van der Waals surface area contributed by atoms with E-state index in [-0.39, 0.29) is 40.2 Å². The number of nitrogens with two attached hydrogens (primary N) is 1. The van der Waals surface area contributed by atoms with Gasteiger partial charge < -0.3 is 31.1 Å². The Hall–Kier alpha value is -5.03. The predicted octanol–water partition coefficient (Wildman–Crippen LogP) is 12.0. The van der Waals surface area contributed by atoms with E-state index in [1.165, 1.54) is 38.8 Å². The van der Waals surface area contributed by atoms with Gasteiger partial charge in [0, 0.05) is 37.4 Å². The summed E-state index contributed by atoms with van der Waals surface area (Å²) < 4.78 is 60.5. The lowest BCUT2D eigenvalue weighted by Crippen LogP contribution is -2.40. The molecule has 4 aromatic heterocycles. The Morgan fingerprint density at radius 2 is 1.37 bits per heavy atom. The Labute approximate surface area is 415 Å². The number of aromatic nitrogens is 6. The number of nitrogen functional groups attached to an aromatic ring is 1. The van der Waals surface area contributed by atoms with Gasteiger partial charge in [-0.05, 0) is 89.4 Å². The van der Waals surface area contributed by atoms with Crippen molar-refractivity contribution in [3.8, 4) is 32.5 Å². The number of nitrogens with zero attached hydrogens (tertiary/aromatic N) is 7. The van der Waals surface area contributed by atoms with Crippen LogP contribution in [0.5, 0.6) is 0 Å².